The first-order valence-corrected chi connectivity index (χ1v) is 13.0. The van der Waals surface area contributed by atoms with Crippen molar-refractivity contribution in [3.05, 3.63) is 83.4 Å². The Hall–Kier alpha value is -3.00. The van der Waals surface area contributed by atoms with Gasteiger partial charge in [0.15, 0.2) is 0 Å². The summed E-state index contributed by atoms with van der Waals surface area (Å²) >= 11 is 0. The second kappa shape index (κ2) is 10.5. The molecule has 0 spiro atoms. The third-order valence-corrected chi connectivity index (χ3v) is 7.01. The molecular weight excluding hydrogens is 453 g/mol. The number of carbonyl (C=O) groups excluding carboxylic acids is 1. The fraction of sp³-hybridized carbons (Fsp3) is 0.385. The molecule has 3 rings (SSSR count). The normalized spacial score (nSPS) is 12.0. The van der Waals surface area contributed by atoms with Crippen molar-refractivity contribution in [2.45, 2.75) is 58.1 Å². The van der Waals surface area contributed by atoms with Gasteiger partial charge in [-0.3, -0.25) is 4.79 Å². The highest BCUT2D eigenvalue weighted by molar-refractivity contribution is 7.90. The largest absolute Gasteiger partial charge is 0.337 e. The number of aromatic nitrogens is 2. The Bertz CT molecular complexity index is 1230. The van der Waals surface area contributed by atoms with Crippen molar-refractivity contribution < 1.29 is 17.6 Å². The van der Waals surface area contributed by atoms with Crippen LogP contribution in [0.4, 0.5) is 4.39 Å². The van der Waals surface area contributed by atoms with Gasteiger partial charge in [0.2, 0.25) is 20.9 Å². The van der Waals surface area contributed by atoms with E-state index in [9.17, 15) is 17.6 Å². The zero-order chi connectivity index (χ0) is 24.9. The Morgan fingerprint density at radius 2 is 1.71 bits per heavy atom. The molecule has 1 amide bonds. The van der Waals surface area contributed by atoms with Crippen LogP contribution in [-0.2, 0) is 33.5 Å². The Balaban J connectivity index is 1.99. The maximum Gasteiger partial charge on any atom is 0.228 e. The van der Waals surface area contributed by atoms with Gasteiger partial charge in [-0.1, -0.05) is 69.3 Å². The summed E-state index contributed by atoms with van der Waals surface area (Å²) in [6.07, 6.45) is 1.89. The van der Waals surface area contributed by atoms with Gasteiger partial charge in [-0.2, -0.15) is 0 Å². The minimum absolute atomic E-state index is 0.00164. The number of benzene rings is 2. The molecule has 0 saturated heterocycles. The van der Waals surface area contributed by atoms with Gasteiger partial charge in [0.05, 0.1) is 30.7 Å². The topological polar surface area (TPSA) is 72.3 Å². The summed E-state index contributed by atoms with van der Waals surface area (Å²) in [6, 6.07) is 15.3. The standard InChI is InChI=1S/C26H32FN3O3S/c1-5-29(24(31)15-26(2,3)4)18-22-16-28-25(30(22)17-20-11-7-6-8-12-20)34(32,33)19-21-13-9-10-14-23(21)27/h6-14,16H,5,15,17-19H2,1-4H3. The third kappa shape index (κ3) is 6.53. The minimum atomic E-state index is -3.95. The first-order chi connectivity index (χ1) is 16.0. The van der Waals surface area contributed by atoms with Gasteiger partial charge in [0.1, 0.15) is 5.82 Å². The summed E-state index contributed by atoms with van der Waals surface area (Å²) in [6.45, 7) is 8.91. The molecule has 0 atom stereocenters. The number of imidazole rings is 1. The van der Waals surface area contributed by atoms with Gasteiger partial charge in [-0.05, 0) is 24.0 Å². The minimum Gasteiger partial charge on any atom is -0.337 e. The Labute approximate surface area is 201 Å². The second-order valence-corrected chi connectivity index (χ2v) is 11.5. The van der Waals surface area contributed by atoms with Crippen molar-refractivity contribution in [3.8, 4) is 0 Å². The van der Waals surface area contributed by atoms with E-state index in [0.29, 0.717) is 18.7 Å². The van der Waals surface area contributed by atoms with Crippen molar-refractivity contribution >= 4 is 15.7 Å². The van der Waals surface area contributed by atoms with Gasteiger partial charge in [0, 0.05) is 18.5 Å². The molecule has 0 aliphatic heterocycles. The lowest BCUT2D eigenvalue weighted by Gasteiger charge is -2.26. The molecule has 2 aromatic carbocycles. The smallest absolute Gasteiger partial charge is 0.228 e. The fourth-order valence-electron chi connectivity index (χ4n) is 3.72. The van der Waals surface area contributed by atoms with Crippen LogP contribution in [-0.4, -0.2) is 35.3 Å². The molecule has 0 saturated carbocycles. The van der Waals surface area contributed by atoms with E-state index in [1.165, 1.54) is 24.4 Å². The van der Waals surface area contributed by atoms with Gasteiger partial charge in [-0.15, -0.1) is 0 Å². The molecule has 0 fully saturated rings. The number of amides is 1. The summed E-state index contributed by atoms with van der Waals surface area (Å²) in [5.74, 6) is -1.07. The summed E-state index contributed by atoms with van der Waals surface area (Å²) in [5.41, 5.74) is 1.44. The number of nitrogens with zero attached hydrogens (tertiary/aromatic N) is 3. The molecule has 6 nitrogen and oxygen atoms in total. The molecular formula is C26H32FN3O3S. The summed E-state index contributed by atoms with van der Waals surface area (Å²) in [5, 5.41) is -0.131. The number of carbonyl (C=O) groups is 1. The highest BCUT2D eigenvalue weighted by Gasteiger charge is 2.27. The van der Waals surface area contributed by atoms with Crippen LogP contribution >= 0.6 is 0 Å². The molecule has 0 bridgehead atoms. The summed E-state index contributed by atoms with van der Waals surface area (Å²) in [7, 11) is -3.95. The SMILES string of the molecule is CCN(Cc1cnc(S(=O)(=O)Cc2ccccc2F)n1Cc1ccccc1)C(=O)CC(C)(C)C. The van der Waals surface area contributed by atoms with Crippen molar-refractivity contribution in [3.63, 3.8) is 0 Å². The van der Waals surface area contributed by atoms with Gasteiger partial charge < -0.3 is 9.47 Å². The number of halogens is 1. The highest BCUT2D eigenvalue weighted by Crippen LogP contribution is 2.23. The van der Waals surface area contributed by atoms with Crippen LogP contribution in [0.25, 0.3) is 0 Å². The molecule has 0 unspecified atom stereocenters. The molecule has 8 heteroatoms. The first kappa shape index (κ1) is 25.6. The molecule has 0 radical (unpaired) electrons. The highest BCUT2D eigenvalue weighted by atomic mass is 32.2. The van der Waals surface area contributed by atoms with E-state index in [1.54, 1.807) is 15.5 Å². The number of hydrogen-bond donors (Lipinski definition) is 0. The van der Waals surface area contributed by atoms with Gasteiger partial charge >= 0.3 is 0 Å². The number of rotatable bonds is 9. The van der Waals surface area contributed by atoms with E-state index in [-0.39, 0.29) is 35.1 Å². The molecule has 3 aromatic rings. The van der Waals surface area contributed by atoms with Crippen LogP contribution in [0, 0.1) is 11.2 Å². The van der Waals surface area contributed by atoms with Crippen molar-refractivity contribution in [2.75, 3.05) is 6.54 Å². The maximum atomic E-state index is 14.2. The van der Waals surface area contributed by atoms with Crippen molar-refractivity contribution in [1.82, 2.24) is 14.5 Å². The molecule has 0 N–H and O–H groups in total. The van der Waals surface area contributed by atoms with Crippen LogP contribution in [0.5, 0.6) is 0 Å². The monoisotopic (exact) mass is 485 g/mol. The van der Waals surface area contributed by atoms with Crippen molar-refractivity contribution in [2.24, 2.45) is 5.41 Å². The van der Waals surface area contributed by atoms with Crippen LogP contribution < -0.4 is 0 Å². The quantitative estimate of drug-likeness (QED) is 0.435. The number of hydrogen-bond acceptors (Lipinski definition) is 4. The second-order valence-electron chi connectivity index (χ2n) is 9.60. The zero-order valence-corrected chi connectivity index (χ0v) is 21.0. The Kier molecular flexibility index (Phi) is 7.92. The summed E-state index contributed by atoms with van der Waals surface area (Å²) < 4.78 is 42.5. The van der Waals surface area contributed by atoms with E-state index in [1.807, 2.05) is 58.0 Å². The maximum absolute atomic E-state index is 14.2. The molecule has 0 aliphatic rings. The van der Waals surface area contributed by atoms with E-state index in [0.717, 1.165) is 5.56 Å². The predicted octanol–water partition coefficient (Wildman–Crippen LogP) is 4.83. The summed E-state index contributed by atoms with van der Waals surface area (Å²) in [4.78, 5) is 18.8. The Morgan fingerprint density at radius 3 is 2.32 bits per heavy atom. The molecule has 0 aliphatic carbocycles. The van der Waals surface area contributed by atoms with Crippen molar-refractivity contribution in [1.29, 1.82) is 0 Å². The molecule has 1 heterocycles. The molecule has 34 heavy (non-hydrogen) atoms. The van der Waals surface area contributed by atoms with Gasteiger partial charge in [-0.25, -0.2) is 17.8 Å². The fourth-order valence-corrected chi connectivity index (χ4v) is 5.23. The third-order valence-electron chi connectivity index (χ3n) is 5.44. The molecule has 1 aromatic heterocycles. The van der Waals surface area contributed by atoms with E-state index in [4.69, 9.17) is 0 Å². The van der Waals surface area contributed by atoms with E-state index >= 15 is 0 Å². The van der Waals surface area contributed by atoms with Crippen LogP contribution in [0.1, 0.15) is 50.9 Å². The predicted molar refractivity (Wildman–Crippen MR) is 130 cm³/mol. The Morgan fingerprint density at radius 1 is 1.06 bits per heavy atom. The van der Waals surface area contributed by atoms with Crippen LogP contribution in [0.3, 0.4) is 0 Å². The first-order valence-electron chi connectivity index (χ1n) is 11.3. The lowest BCUT2D eigenvalue weighted by Crippen LogP contribution is -2.33. The lowest BCUT2D eigenvalue weighted by atomic mass is 9.91. The van der Waals surface area contributed by atoms with E-state index < -0.39 is 21.4 Å². The van der Waals surface area contributed by atoms with Crippen LogP contribution in [0.2, 0.25) is 0 Å². The van der Waals surface area contributed by atoms with E-state index in [2.05, 4.69) is 4.98 Å². The zero-order valence-electron chi connectivity index (χ0n) is 20.2. The van der Waals surface area contributed by atoms with Crippen LogP contribution in [0.15, 0.2) is 66.0 Å². The molecule has 182 valence electrons. The number of sulfone groups is 1. The average molecular weight is 486 g/mol. The van der Waals surface area contributed by atoms with Gasteiger partial charge in [0.25, 0.3) is 0 Å². The lowest BCUT2D eigenvalue weighted by molar-refractivity contribution is -0.133. The average Bonchev–Trinajstić information content (AvgIpc) is 3.16.